The Bertz CT molecular complexity index is 1320. The maximum Gasteiger partial charge on any atom is 0.274 e. The van der Waals surface area contributed by atoms with Crippen LogP contribution in [0.3, 0.4) is 0 Å². The van der Waals surface area contributed by atoms with Crippen LogP contribution in [0.15, 0.2) is 82.1 Å². The van der Waals surface area contributed by atoms with Gasteiger partial charge < -0.3 is 5.32 Å². The van der Waals surface area contributed by atoms with Gasteiger partial charge in [-0.15, -0.1) is 0 Å². The highest BCUT2D eigenvalue weighted by Crippen LogP contribution is 2.27. The summed E-state index contributed by atoms with van der Waals surface area (Å²) in [7, 11) is 1.56. The number of benzene rings is 3. The fourth-order valence-corrected chi connectivity index (χ4v) is 3.93. The number of nitrogens with zero attached hydrogens (tertiary/aromatic N) is 2. The maximum absolute atomic E-state index is 14.7. The van der Waals surface area contributed by atoms with Gasteiger partial charge in [0.2, 0.25) is 5.91 Å². The number of fused-ring (bicyclic) bond motifs is 1. The van der Waals surface area contributed by atoms with Gasteiger partial charge in [0.15, 0.2) is 0 Å². The predicted octanol–water partition coefficient (Wildman–Crippen LogP) is 4.28. The first-order chi connectivity index (χ1) is 14.9. The average Bonchev–Trinajstić information content (AvgIpc) is 2.77. The number of halogens is 2. The number of hydrogen-bond acceptors (Lipinski definition) is 3. The molecule has 156 valence electrons. The Morgan fingerprint density at radius 2 is 1.74 bits per heavy atom. The van der Waals surface area contributed by atoms with Crippen molar-refractivity contribution in [3.05, 3.63) is 110 Å². The number of carbonyl (C=O) groups is 1. The standard InChI is InChI=1S/C24H19BrFN3O2/c1-29-24(31)18-10-6-5-9-17(18)21(28-29)14-22(30)27-23(15-7-3-2-4-8-15)19-12-11-16(25)13-20(19)26/h2-13,23H,14H2,1H3,(H,27,30). The molecular weight excluding hydrogens is 461 g/mol. The summed E-state index contributed by atoms with van der Waals surface area (Å²) in [6.45, 7) is 0. The first-order valence-electron chi connectivity index (χ1n) is 9.68. The van der Waals surface area contributed by atoms with Crippen molar-refractivity contribution in [3.63, 3.8) is 0 Å². The van der Waals surface area contributed by atoms with Crippen LogP contribution in [0.4, 0.5) is 4.39 Å². The zero-order valence-corrected chi connectivity index (χ0v) is 18.3. The number of aryl methyl sites for hydroxylation is 1. The van der Waals surface area contributed by atoms with Gasteiger partial charge in [-0.25, -0.2) is 9.07 Å². The van der Waals surface area contributed by atoms with Gasteiger partial charge in [-0.3, -0.25) is 9.59 Å². The van der Waals surface area contributed by atoms with Crippen molar-refractivity contribution >= 4 is 32.6 Å². The highest BCUT2D eigenvalue weighted by molar-refractivity contribution is 9.10. The molecule has 31 heavy (non-hydrogen) atoms. The fourth-order valence-electron chi connectivity index (χ4n) is 3.59. The van der Waals surface area contributed by atoms with Gasteiger partial charge in [0.05, 0.1) is 23.5 Å². The molecule has 1 atom stereocenters. The molecule has 4 aromatic rings. The number of carbonyl (C=O) groups excluding carboxylic acids is 1. The summed E-state index contributed by atoms with van der Waals surface area (Å²) in [4.78, 5) is 25.4. The first-order valence-corrected chi connectivity index (χ1v) is 10.5. The number of nitrogens with one attached hydrogen (secondary N) is 1. The second-order valence-electron chi connectivity index (χ2n) is 7.17. The molecule has 0 aliphatic carbocycles. The van der Waals surface area contributed by atoms with Crippen molar-refractivity contribution in [2.75, 3.05) is 0 Å². The molecule has 1 heterocycles. The van der Waals surface area contributed by atoms with Crippen molar-refractivity contribution < 1.29 is 9.18 Å². The van der Waals surface area contributed by atoms with Gasteiger partial charge in [-0.05, 0) is 23.8 Å². The third-order valence-electron chi connectivity index (χ3n) is 5.07. The van der Waals surface area contributed by atoms with E-state index in [0.717, 1.165) is 5.56 Å². The van der Waals surface area contributed by atoms with Crippen molar-refractivity contribution in [3.8, 4) is 0 Å². The molecule has 1 N–H and O–H groups in total. The molecule has 1 amide bonds. The summed E-state index contributed by atoms with van der Waals surface area (Å²) in [6.07, 6.45) is -0.0455. The van der Waals surface area contributed by atoms with Crippen LogP contribution >= 0.6 is 15.9 Å². The van der Waals surface area contributed by atoms with Crippen LogP contribution in [0, 0.1) is 5.82 Å². The van der Waals surface area contributed by atoms with Crippen LogP contribution < -0.4 is 10.9 Å². The van der Waals surface area contributed by atoms with Gasteiger partial charge in [-0.1, -0.05) is 70.5 Å². The van der Waals surface area contributed by atoms with Crippen molar-refractivity contribution in [2.24, 2.45) is 7.05 Å². The van der Waals surface area contributed by atoms with E-state index in [4.69, 9.17) is 0 Å². The lowest BCUT2D eigenvalue weighted by atomic mass is 9.97. The van der Waals surface area contributed by atoms with Crippen LogP contribution in [0.25, 0.3) is 10.8 Å². The lowest BCUT2D eigenvalue weighted by Gasteiger charge is -2.21. The van der Waals surface area contributed by atoms with E-state index < -0.39 is 11.9 Å². The third-order valence-corrected chi connectivity index (χ3v) is 5.57. The average molecular weight is 480 g/mol. The van der Waals surface area contributed by atoms with Crippen molar-refractivity contribution in [1.82, 2.24) is 15.1 Å². The van der Waals surface area contributed by atoms with Crippen LogP contribution in [-0.4, -0.2) is 15.7 Å². The van der Waals surface area contributed by atoms with E-state index in [0.29, 0.717) is 26.5 Å². The Hall–Kier alpha value is -3.32. The SMILES string of the molecule is Cn1nc(CC(=O)NC(c2ccccc2)c2ccc(Br)cc2F)c2ccccc2c1=O. The summed E-state index contributed by atoms with van der Waals surface area (Å²) in [5.41, 5.74) is 1.38. The number of amides is 1. The molecule has 1 unspecified atom stereocenters. The molecule has 5 nitrogen and oxygen atoms in total. The number of hydrogen-bond donors (Lipinski definition) is 1. The third kappa shape index (κ3) is 4.41. The lowest BCUT2D eigenvalue weighted by molar-refractivity contribution is -0.121. The highest BCUT2D eigenvalue weighted by atomic mass is 79.9. The molecular formula is C24H19BrFN3O2. The molecule has 0 spiro atoms. The Kier molecular flexibility index (Phi) is 5.95. The molecule has 7 heteroatoms. The molecule has 4 rings (SSSR count). The Labute approximate surface area is 186 Å². The monoisotopic (exact) mass is 479 g/mol. The highest BCUT2D eigenvalue weighted by Gasteiger charge is 2.21. The summed E-state index contributed by atoms with van der Waals surface area (Å²) >= 11 is 3.27. The number of rotatable bonds is 5. The van der Waals surface area contributed by atoms with E-state index in [1.165, 1.54) is 10.7 Å². The Morgan fingerprint density at radius 1 is 1.06 bits per heavy atom. The topological polar surface area (TPSA) is 64.0 Å². The van der Waals surface area contributed by atoms with E-state index in [-0.39, 0.29) is 17.9 Å². The van der Waals surface area contributed by atoms with E-state index in [9.17, 15) is 14.0 Å². The normalized spacial score (nSPS) is 12.0. The van der Waals surface area contributed by atoms with Crippen molar-refractivity contribution in [1.29, 1.82) is 0 Å². The predicted molar refractivity (Wildman–Crippen MR) is 121 cm³/mol. The summed E-state index contributed by atoms with van der Waals surface area (Å²) < 4.78 is 16.6. The second kappa shape index (κ2) is 8.81. The molecule has 0 saturated heterocycles. The van der Waals surface area contributed by atoms with E-state index in [1.807, 2.05) is 30.3 Å². The minimum Gasteiger partial charge on any atom is -0.345 e. The maximum atomic E-state index is 14.7. The van der Waals surface area contributed by atoms with Gasteiger partial charge in [0.25, 0.3) is 5.56 Å². The molecule has 0 radical (unpaired) electrons. The minimum atomic E-state index is -0.666. The van der Waals surface area contributed by atoms with Crippen LogP contribution in [-0.2, 0) is 18.3 Å². The molecule has 0 saturated carbocycles. The van der Waals surface area contributed by atoms with E-state index in [2.05, 4.69) is 26.3 Å². The Morgan fingerprint density at radius 3 is 2.45 bits per heavy atom. The molecule has 0 fully saturated rings. The van der Waals surface area contributed by atoms with E-state index in [1.54, 1.807) is 43.4 Å². The second-order valence-corrected chi connectivity index (χ2v) is 8.09. The van der Waals surface area contributed by atoms with Crippen LogP contribution in [0.5, 0.6) is 0 Å². The molecule has 0 bridgehead atoms. The number of aromatic nitrogens is 2. The van der Waals surface area contributed by atoms with Crippen molar-refractivity contribution in [2.45, 2.75) is 12.5 Å². The minimum absolute atomic E-state index is 0.0455. The summed E-state index contributed by atoms with van der Waals surface area (Å²) in [6, 6.07) is 20.4. The Balaban J connectivity index is 1.69. The van der Waals surface area contributed by atoms with Gasteiger partial charge >= 0.3 is 0 Å². The molecule has 0 aliphatic heterocycles. The summed E-state index contributed by atoms with van der Waals surface area (Å²) in [5, 5.41) is 8.35. The first kappa shape index (κ1) is 20.9. The van der Waals surface area contributed by atoms with Gasteiger partial charge in [0, 0.05) is 22.5 Å². The smallest absolute Gasteiger partial charge is 0.274 e. The zero-order chi connectivity index (χ0) is 22.0. The molecule has 1 aromatic heterocycles. The van der Waals surface area contributed by atoms with Gasteiger partial charge in [-0.2, -0.15) is 5.10 Å². The van der Waals surface area contributed by atoms with E-state index >= 15 is 0 Å². The molecule has 3 aromatic carbocycles. The zero-order valence-electron chi connectivity index (χ0n) is 16.7. The quantitative estimate of drug-likeness (QED) is 0.464. The summed E-state index contributed by atoms with van der Waals surface area (Å²) in [5.74, 6) is -0.748. The lowest BCUT2D eigenvalue weighted by Crippen LogP contribution is -2.32. The van der Waals surface area contributed by atoms with Crippen LogP contribution in [0.2, 0.25) is 0 Å². The molecule has 0 aliphatic rings. The fraction of sp³-hybridized carbons (Fsp3) is 0.125. The van der Waals surface area contributed by atoms with Gasteiger partial charge in [0.1, 0.15) is 5.82 Å². The van der Waals surface area contributed by atoms with Crippen LogP contribution in [0.1, 0.15) is 22.9 Å². The largest absolute Gasteiger partial charge is 0.345 e.